The highest BCUT2D eigenvalue weighted by molar-refractivity contribution is 6.36. The first kappa shape index (κ1) is 18.5. The molecule has 0 atom stereocenters. The summed E-state index contributed by atoms with van der Waals surface area (Å²) in [7, 11) is 4.41. The highest BCUT2D eigenvalue weighted by atomic mass is 35.5. The second-order valence-corrected chi connectivity index (χ2v) is 8.15. The monoisotopic (exact) mass is 401 g/mol. The fourth-order valence-corrected chi connectivity index (χ4v) is 4.27. The summed E-state index contributed by atoms with van der Waals surface area (Å²) in [6, 6.07) is 14.1. The molecule has 140 valence electrons. The zero-order chi connectivity index (χ0) is 19.0. The molecule has 0 saturated carbocycles. The number of nitrogens with one attached hydrogen (secondary N) is 1. The predicted octanol–water partition coefficient (Wildman–Crippen LogP) is 3.72. The number of hydrogen-bond donors (Lipinski definition) is 1. The lowest BCUT2D eigenvalue weighted by Crippen LogP contribution is -3.10. The first-order valence-electron chi connectivity index (χ1n) is 9.29. The van der Waals surface area contributed by atoms with Gasteiger partial charge < -0.3 is 9.80 Å². The van der Waals surface area contributed by atoms with Crippen molar-refractivity contribution in [3.63, 3.8) is 0 Å². The number of rotatable bonds is 3. The molecule has 2 aromatic carbocycles. The largest absolute Gasteiger partial charge is 0.356 e. The normalized spacial score (nSPS) is 20.0. The van der Waals surface area contributed by atoms with Gasteiger partial charge in [0.05, 0.1) is 30.7 Å². The number of hydrogen-bond acceptors (Lipinski definition) is 3. The van der Waals surface area contributed by atoms with Crippen molar-refractivity contribution in [2.75, 3.05) is 32.1 Å². The molecule has 1 saturated heterocycles. The third kappa shape index (κ3) is 3.75. The molecule has 0 unspecified atom stereocenters. The molecule has 2 heterocycles. The van der Waals surface area contributed by atoms with E-state index < -0.39 is 0 Å². The highest BCUT2D eigenvalue weighted by Crippen LogP contribution is 2.33. The topological polar surface area (TPSA) is 33.5 Å². The Morgan fingerprint density at radius 2 is 1.78 bits per heavy atom. The Kier molecular flexibility index (Phi) is 5.22. The Hall–Kier alpha value is -1.88. The summed E-state index contributed by atoms with van der Waals surface area (Å²) in [5, 5.41) is 2.24. The van der Waals surface area contributed by atoms with E-state index in [0.717, 1.165) is 35.1 Å². The van der Waals surface area contributed by atoms with Gasteiger partial charge in [-0.05, 0) is 30.3 Å². The Balaban J connectivity index is 1.81. The first-order valence-corrected chi connectivity index (χ1v) is 10.0. The Bertz CT molecular complexity index is 968. The molecule has 1 N–H and O–H groups in total. The minimum absolute atomic E-state index is 0.487. The van der Waals surface area contributed by atoms with E-state index in [-0.39, 0.29) is 0 Å². The van der Waals surface area contributed by atoms with Crippen LogP contribution in [0, 0.1) is 0 Å². The summed E-state index contributed by atoms with van der Waals surface area (Å²) < 4.78 is 0. The van der Waals surface area contributed by atoms with Crippen LogP contribution in [0.15, 0.2) is 42.5 Å². The second-order valence-electron chi connectivity index (χ2n) is 7.31. The average molecular weight is 402 g/mol. The molecule has 1 aliphatic heterocycles. The number of likely N-dealkylation sites (tertiary alicyclic amines) is 1. The van der Waals surface area contributed by atoms with E-state index >= 15 is 0 Å². The number of fused-ring (bicyclic) bond motifs is 1. The molecule has 0 aliphatic carbocycles. The minimum Gasteiger partial charge on any atom is -0.356 e. The van der Waals surface area contributed by atoms with Crippen molar-refractivity contribution in [3.8, 4) is 11.4 Å². The number of benzene rings is 2. The number of piperidine rings is 1. The van der Waals surface area contributed by atoms with Crippen molar-refractivity contribution in [2.24, 2.45) is 0 Å². The van der Waals surface area contributed by atoms with E-state index in [1.165, 1.54) is 13.1 Å². The van der Waals surface area contributed by atoms with Crippen LogP contribution in [0.5, 0.6) is 0 Å². The molecule has 1 fully saturated rings. The van der Waals surface area contributed by atoms with Crippen molar-refractivity contribution in [1.82, 2.24) is 9.97 Å². The van der Waals surface area contributed by atoms with Crippen molar-refractivity contribution >= 4 is 39.9 Å². The van der Waals surface area contributed by atoms with E-state index in [1.54, 1.807) is 11.0 Å². The van der Waals surface area contributed by atoms with Crippen molar-refractivity contribution in [2.45, 2.75) is 18.9 Å². The van der Waals surface area contributed by atoms with Gasteiger partial charge in [-0.25, -0.2) is 9.97 Å². The van der Waals surface area contributed by atoms with Crippen molar-refractivity contribution < 1.29 is 4.90 Å². The summed E-state index contributed by atoms with van der Waals surface area (Å²) in [4.78, 5) is 13.6. The fraction of sp³-hybridized carbons (Fsp3) is 0.333. The van der Waals surface area contributed by atoms with Gasteiger partial charge in [0, 0.05) is 41.9 Å². The summed E-state index contributed by atoms with van der Waals surface area (Å²) in [5.41, 5.74) is 1.73. The number of nitrogens with zero attached hydrogens (tertiary/aromatic N) is 3. The summed E-state index contributed by atoms with van der Waals surface area (Å²) in [6.45, 7) is 2.38. The zero-order valence-electron chi connectivity index (χ0n) is 15.5. The van der Waals surface area contributed by atoms with Crippen molar-refractivity contribution in [3.05, 3.63) is 52.5 Å². The molecular weight excluding hydrogens is 379 g/mol. The molecular formula is C21H23Cl2N4+. The number of aromatic nitrogens is 2. The molecule has 3 aromatic rings. The van der Waals surface area contributed by atoms with Crippen LogP contribution in [-0.4, -0.2) is 43.2 Å². The van der Waals surface area contributed by atoms with Crippen LogP contribution in [0.4, 0.5) is 5.82 Å². The smallest absolute Gasteiger partial charge is 0.163 e. The third-order valence-electron chi connectivity index (χ3n) is 5.45. The lowest BCUT2D eigenvalue weighted by atomic mass is 10.0. The number of halogens is 2. The van der Waals surface area contributed by atoms with Crippen LogP contribution >= 0.6 is 23.2 Å². The van der Waals surface area contributed by atoms with E-state index in [2.05, 4.69) is 25.1 Å². The van der Waals surface area contributed by atoms with Crippen LogP contribution < -0.4 is 9.80 Å². The fourth-order valence-electron chi connectivity index (χ4n) is 3.78. The highest BCUT2D eigenvalue weighted by Gasteiger charge is 2.25. The summed E-state index contributed by atoms with van der Waals surface area (Å²) in [5.74, 6) is 1.60. The maximum atomic E-state index is 6.43. The van der Waals surface area contributed by atoms with Gasteiger partial charge in [-0.3, -0.25) is 0 Å². The predicted molar refractivity (Wildman–Crippen MR) is 113 cm³/mol. The van der Waals surface area contributed by atoms with Gasteiger partial charge in [0.15, 0.2) is 5.82 Å². The molecule has 6 heteroatoms. The molecule has 0 radical (unpaired) electrons. The molecule has 27 heavy (non-hydrogen) atoms. The third-order valence-corrected chi connectivity index (χ3v) is 5.99. The van der Waals surface area contributed by atoms with E-state index in [9.17, 15) is 0 Å². The molecule has 0 bridgehead atoms. The summed E-state index contributed by atoms with van der Waals surface area (Å²) in [6.07, 6.45) is 2.33. The van der Waals surface area contributed by atoms with Gasteiger partial charge >= 0.3 is 0 Å². The van der Waals surface area contributed by atoms with Crippen LogP contribution in [0.1, 0.15) is 12.8 Å². The second kappa shape index (κ2) is 7.63. The maximum absolute atomic E-state index is 6.43. The van der Waals surface area contributed by atoms with Crippen LogP contribution in [0.2, 0.25) is 10.0 Å². The molecule has 0 spiro atoms. The Morgan fingerprint density at radius 1 is 1.04 bits per heavy atom. The maximum Gasteiger partial charge on any atom is 0.163 e. The van der Waals surface area contributed by atoms with E-state index in [1.807, 2.05) is 30.3 Å². The van der Waals surface area contributed by atoms with Crippen LogP contribution in [0.3, 0.4) is 0 Å². The van der Waals surface area contributed by atoms with Gasteiger partial charge in [0.2, 0.25) is 0 Å². The molecule has 1 aromatic heterocycles. The van der Waals surface area contributed by atoms with Gasteiger partial charge in [-0.1, -0.05) is 35.3 Å². The van der Waals surface area contributed by atoms with Gasteiger partial charge in [0.1, 0.15) is 5.82 Å². The SMILES string of the molecule is CN(c1nc(-c2ccc(Cl)cc2Cl)nc2ccccc12)C1CC[NH+](C)CC1. The number of quaternary nitrogens is 1. The molecule has 1 aliphatic rings. The first-order chi connectivity index (χ1) is 13.0. The van der Waals surface area contributed by atoms with E-state index in [4.69, 9.17) is 33.2 Å². The zero-order valence-corrected chi connectivity index (χ0v) is 17.1. The molecule has 4 rings (SSSR count). The van der Waals surface area contributed by atoms with Gasteiger partial charge in [-0.2, -0.15) is 0 Å². The standard InChI is InChI=1S/C21H22Cl2N4/c1-26-11-9-15(10-12-26)27(2)21-17-5-3-4-6-19(17)24-20(25-21)16-8-7-14(22)13-18(16)23/h3-8,13,15H,9-12H2,1-2H3/p+1. The Labute approximate surface area is 169 Å². The lowest BCUT2D eigenvalue weighted by molar-refractivity contribution is -0.884. The molecule has 0 amide bonds. The van der Waals surface area contributed by atoms with E-state index in [0.29, 0.717) is 21.9 Å². The average Bonchev–Trinajstić information content (AvgIpc) is 2.67. The quantitative estimate of drug-likeness (QED) is 0.725. The Morgan fingerprint density at radius 3 is 2.52 bits per heavy atom. The van der Waals surface area contributed by atoms with Crippen LogP contribution in [0.25, 0.3) is 22.3 Å². The number of para-hydroxylation sites is 1. The summed E-state index contributed by atoms with van der Waals surface area (Å²) >= 11 is 12.5. The number of anilines is 1. The lowest BCUT2D eigenvalue weighted by Gasteiger charge is -2.34. The molecule has 4 nitrogen and oxygen atoms in total. The minimum atomic E-state index is 0.487. The van der Waals surface area contributed by atoms with Gasteiger partial charge in [0.25, 0.3) is 0 Å². The van der Waals surface area contributed by atoms with Crippen molar-refractivity contribution in [1.29, 1.82) is 0 Å². The van der Waals surface area contributed by atoms with Crippen LogP contribution in [-0.2, 0) is 0 Å². The van der Waals surface area contributed by atoms with Gasteiger partial charge in [-0.15, -0.1) is 0 Å².